The van der Waals surface area contributed by atoms with Crippen molar-refractivity contribution in [3.63, 3.8) is 0 Å². The molecular weight excluding hydrogens is 406 g/mol. The first-order chi connectivity index (χ1) is 15.5. The fraction of sp³-hybridized carbons (Fsp3) is 0.640. The van der Waals surface area contributed by atoms with Gasteiger partial charge in [0.05, 0.1) is 17.7 Å². The van der Waals surface area contributed by atoms with E-state index in [9.17, 15) is 14.4 Å². The van der Waals surface area contributed by atoms with Gasteiger partial charge in [0.2, 0.25) is 5.91 Å². The highest BCUT2D eigenvalue weighted by molar-refractivity contribution is 6.39. The van der Waals surface area contributed by atoms with E-state index < -0.39 is 11.8 Å². The standard InChI is InChI=1S/C25H31N3O4/c1-32-25(18-6-14-5-15(8-18)9-19(25)7-14)13-26-23(30)24(31)27-20-10-16-3-2-4-28-21(29)12-17(11-20)22(16)28/h10-11,14-15,18-19H,2-9,12-13H2,1H3,(H,26,30)(H,27,31). The van der Waals surface area contributed by atoms with E-state index in [0.717, 1.165) is 48.0 Å². The van der Waals surface area contributed by atoms with Crippen molar-refractivity contribution in [2.24, 2.45) is 23.7 Å². The zero-order valence-corrected chi connectivity index (χ0v) is 18.6. The number of carbonyl (C=O) groups is 3. The number of benzene rings is 1. The fourth-order valence-corrected chi connectivity index (χ4v) is 7.71. The lowest BCUT2D eigenvalue weighted by Crippen LogP contribution is -2.63. The van der Waals surface area contributed by atoms with Gasteiger partial charge in [0, 0.05) is 25.9 Å². The van der Waals surface area contributed by atoms with Crippen LogP contribution in [0.4, 0.5) is 11.4 Å². The van der Waals surface area contributed by atoms with Gasteiger partial charge >= 0.3 is 11.8 Å². The summed E-state index contributed by atoms with van der Waals surface area (Å²) < 4.78 is 6.09. The molecular formula is C25H31N3O4. The number of anilines is 2. The molecule has 170 valence electrons. The maximum atomic E-state index is 12.7. The van der Waals surface area contributed by atoms with E-state index in [0.29, 0.717) is 30.5 Å². The number of amides is 3. The van der Waals surface area contributed by atoms with Gasteiger partial charge in [-0.25, -0.2) is 0 Å². The summed E-state index contributed by atoms with van der Waals surface area (Å²) in [6.45, 7) is 1.15. The van der Waals surface area contributed by atoms with Crippen molar-refractivity contribution in [3.05, 3.63) is 23.3 Å². The van der Waals surface area contributed by atoms with E-state index >= 15 is 0 Å². The molecule has 1 aromatic carbocycles. The molecule has 0 atom stereocenters. The minimum Gasteiger partial charge on any atom is -0.376 e. The molecule has 7 nitrogen and oxygen atoms in total. The molecule has 1 aromatic rings. The first-order valence-electron chi connectivity index (χ1n) is 12.1. The lowest BCUT2D eigenvalue weighted by atomic mass is 9.49. The first kappa shape index (κ1) is 20.2. The second-order valence-corrected chi connectivity index (χ2v) is 10.6. The molecule has 3 amide bonds. The largest absolute Gasteiger partial charge is 0.376 e. The molecule has 2 heterocycles. The zero-order chi connectivity index (χ0) is 22.0. The number of rotatable bonds is 4. The molecule has 32 heavy (non-hydrogen) atoms. The summed E-state index contributed by atoms with van der Waals surface area (Å²) in [5, 5.41) is 5.65. The van der Waals surface area contributed by atoms with Crippen LogP contribution in [0.25, 0.3) is 0 Å². The molecule has 0 saturated heterocycles. The van der Waals surface area contributed by atoms with Gasteiger partial charge in [0.1, 0.15) is 0 Å². The molecule has 6 aliphatic rings. The Balaban J connectivity index is 1.13. The third kappa shape index (κ3) is 3.00. The smallest absolute Gasteiger partial charge is 0.313 e. The van der Waals surface area contributed by atoms with Gasteiger partial charge in [-0.2, -0.15) is 0 Å². The summed E-state index contributed by atoms with van der Waals surface area (Å²) >= 11 is 0. The summed E-state index contributed by atoms with van der Waals surface area (Å²) in [6.07, 6.45) is 8.22. The Morgan fingerprint density at radius 3 is 2.44 bits per heavy atom. The predicted octanol–water partition coefficient (Wildman–Crippen LogP) is 2.42. The van der Waals surface area contributed by atoms with Crippen molar-refractivity contribution in [2.45, 2.75) is 57.0 Å². The third-order valence-electron chi connectivity index (χ3n) is 8.90. The van der Waals surface area contributed by atoms with Crippen LogP contribution in [0, 0.1) is 23.7 Å². The predicted molar refractivity (Wildman–Crippen MR) is 119 cm³/mol. The second kappa shape index (κ2) is 7.30. The van der Waals surface area contributed by atoms with E-state index in [4.69, 9.17) is 4.74 Å². The number of hydrogen-bond acceptors (Lipinski definition) is 4. The Bertz CT molecular complexity index is 975. The molecule has 7 heteroatoms. The molecule has 2 N–H and O–H groups in total. The van der Waals surface area contributed by atoms with Crippen molar-refractivity contribution in [2.75, 3.05) is 30.4 Å². The highest BCUT2D eigenvalue weighted by Crippen LogP contribution is 2.59. The molecule has 0 spiro atoms. The van der Waals surface area contributed by atoms with Crippen molar-refractivity contribution in [3.8, 4) is 0 Å². The maximum Gasteiger partial charge on any atom is 0.313 e. The average molecular weight is 438 g/mol. The Labute approximate surface area is 188 Å². The molecule has 4 bridgehead atoms. The maximum absolute atomic E-state index is 12.7. The van der Waals surface area contributed by atoms with Crippen LogP contribution in [0.15, 0.2) is 12.1 Å². The Morgan fingerprint density at radius 1 is 1.06 bits per heavy atom. The van der Waals surface area contributed by atoms with E-state index in [1.165, 1.54) is 32.1 Å². The normalized spacial score (nSPS) is 33.9. The zero-order valence-electron chi connectivity index (χ0n) is 18.6. The number of aryl methyl sites for hydroxylation is 1. The average Bonchev–Trinajstić information content (AvgIpc) is 3.10. The van der Waals surface area contributed by atoms with Crippen molar-refractivity contribution in [1.82, 2.24) is 5.32 Å². The van der Waals surface area contributed by atoms with Crippen LogP contribution >= 0.6 is 0 Å². The Hall–Kier alpha value is -2.41. The van der Waals surface area contributed by atoms with Gasteiger partial charge in [0.15, 0.2) is 0 Å². The summed E-state index contributed by atoms with van der Waals surface area (Å²) in [4.78, 5) is 39.5. The Kier molecular flexibility index (Phi) is 4.61. The fourth-order valence-electron chi connectivity index (χ4n) is 7.71. The number of nitrogens with zero attached hydrogens (tertiary/aromatic N) is 1. The summed E-state index contributed by atoms with van der Waals surface area (Å²) in [5.41, 5.74) is 3.27. The van der Waals surface area contributed by atoms with Gasteiger partial charge in [-0.05, 0) is 91.9 Å². The minimum absolute atomic E-state index is 0.114. The van der Waals surface area contributed by atoms with Crippen molar-refractivity contribution >= 4 is 29.1 Å². The minimum atomic E-state index is -0.663. The third-order valence-corrected chi connectivity index (χ3v) is 8.90. The van der Waals surface area contributed by atoms with Crippen LogP contribution in [0.5, 0.6) is 0 Å². The van der Waals surface area contributed by atoms with E-state index in [-0.39, 0.29) is 11.5 Å². The number of nitrogens with one attached hydrogen (secondary N) is 2. The number of carbonyl (C=O) groups excluding carboxylic acids is 3. The number of ether oxygens (including phenoxy) is 1. The molecule has 7 rings (SSSR count). The van der Waals surface area contributed by atoms with Crippen LogP contribution in [-0.2, 0) is 32.0 Å². The van der Waals surface area contributed by atoms with Crippen LogP contribution in [0.3, 0.4) is 0 Å². The van der Waals surface area contributed by atoms with E-state index in [2.05, 4.69) is 10.6 Å². The SMILES string of the molecule is COC1(CNC(=O)C(=O)Nc2cc3c4c(c2)CC(=O)N4CCC3)C2CC3CC(C2)CC1C3. The van der Waals surface area contributed by atoms with Crippen LogP contribution in [0.2, 0.25) is 0 Å². The molecule has 4 saturated carbocycles. The molecule has 2 aliphatic heterocycles. The topological polar surface area (TPSA) is 87.7 Å². The van der Waals surface area contributed by atoms with Gasteiger partial charge in [-0.3, -0.25) is 14.4 Å². The summed E-state index contributed by atoms with van der Waals surface area (Å²) in [6, 6.07) is 3.74. The van der Waals surface area contributed by atoms with E-state index in [1.807, 2.05) is 17.0 Å². The molecule has 0 radical (unpaired) electrons. The first-order valence-corrected chi connectivity index (χ1v) is 12.1. The lowest BCUT2D eigenvalue weighted by molar-refractivity contribution is -0.188. The van der Waals surface area contributed by atoms with Crippen molar-refractivity contribution < 1.29 is 19.1 Å². The second-order valence-electron chi connectivity index (χ2n) is 10.6. The van der Waals surface area contributed by atoms with Crippen LogP contribution < -0.4 is 15.5 Å². The monoisotopic (exact) mass is 437 g/mol. The highest BCUT2D eigenvalue weighted by Gasteiger charge is 2.57. The quantitative estimate of drug-likeness (QED) is 0.709. The lowest BCUT2D eigenvalue weighted by Gasteiger charge is -2.60. The van der Waals surface area contributed by atoms with Crippen LogP contribution in [0.1, 0.15) is 49.7 Å². The molecule has 0 unspecified atom stereocenters. The van der Waals surface area contributed by atoms with Crippen molar-refractivity contribution in [1.29, 1.82) is 0 Å². The summed E-state index contributed by atoms with van der Waals surface area (Å²) in [5.74, 6) is 1.38. The van der Waals surface area contributed by atoms with Gasteiger partial charge < -0.3 is 20.3 Å². The Morgan fingerprint density at radius 2 is 1.75 bits per heavy atom. The number of hydrogen-bond donors (Lipinski definition) is 2. The summed E-state index contributed by atoms with van der Waals surface area (Å²) in [7, 11) is 1.76. The molecule has 4 fully saturated rings. The van der Waals surface area contributed by atoms with Crippen LogP contribution in [-0.4, -0.2) is 43.5 Å². The highest BCUT2D eigenvalue weighted by atomic mass is 16.5. The van der Waals surface area contributed by atoms with Gasteiger partial charge in [-0.1, -0.05) is 0 Å². The van der Waals surface area contributed by atoms with Gasteiger partial charge in [-0.15, -0.1) is 0 Å². The number of methoxy groups -OCH3 is 1. The molecule has 0 aromatic heterocycles. The van der Waals surface area contributed by atoms with Gasteiger partial charge in [0.25, 0.3) is 0 Å². The van der Waals surface area contributed by atoms with E-state index in [1.54, 1.807) is 7.11 Å². The molecule has 4 aliphatic carbocycles.